The molecule has 3 atom stereocenters. The number of carbonyl (C=O) groups is 2. The lowest BCUT2D eigenvalue weighted by atomic mass is 10.0. The number of amides is 1. The number of rotatable bonds is 54. The van der Waals surface area contributed by atoms with Crippen molar-refractivity contribution in [2.75, 3.05) is 40.9 Å². The summed E-state index contributed by atoms with van der Waals surface area (Å²) >= 11 is 0. The first-order valence-corrected chi connectivity index (χ1v) is 32.1. The molecule has 1 amide bonds. The number of nitrogens with one attached hydrogen (secondary N) is 1. The fourth-order valence-corrected chi connectivity index (χ4v) is 8.96. The highest BCUT2D eigenvalue weighted by Crippen LogP contribution is 2.43. The average molecular weight is 1070 g/mol. The van der Waals surface area contributed by atoms with Crippen LogP contribution >= 0.6 is 7.82 Å². The summed E-state index contributed by atoms with van der Waals surface area (Å²) in [4.78, 5) is 37.7. The number of hydrogen-bond donors (Lipinski definition) is 2. The van der Waals surface area contributed by atoms with Gasteiger partial charge < -0.3 is 19.4 Å². The number of hydrogen-bond acceptors (Lipinski definition) is 6. The second-order valence-corrected chi connectivity index (χ2v) is 23.0. The van der Waals surface area contributed by atoms with Crippen molar-refractivity contribution in [3.63, 3.8) is 0 Å². The summed E-state index contributed by atoms with van der Waals surface area (Å²) < 4.78 is 30.6. The second kappa shape index (κ2) is 54.3. The van der Waals surface area contributed by atoms with E-state index in [1.54, 1.807) is 0 Å². The van der Waals surface area contributed by atoms with Crippen LogP contribution in [0.25, 0.3) is 0 Å². The molecule has 2 N–H and O–H groups in total. The third kappa shape index (κ3) is 55.5. The van der Waals surface area contributed by atoms with Crippen LogP contribution in [0.2, 0.25) is 0 Å². The Kier molecular flexibility index (Phi) is 52.1. The summed E-state index contributed by atoms with van der Waals surface area (Å²) in [6.45, 7) is 6.91. The van der Waals surface area contributed by atoms with Crippen LogP contribution in [0.1, 0.15) is 252 Å². The smallest absolute Gasteiger partial charge is 0.456 e. The molecule has 0 fully saturated rings. The number of allylic oxidation sites excluding steroid dienone is 15. The van der Waals surface area contributed by atoms with E-state index in [2.05, 4.69) is 111 Å². The molecule has 432 valence electrons. The number of quaternary nitrogens is 1. The number of phosphoric acid groups is 1. The van der Waals surface area contributed by atoms with Gasteiger partial charge in [0.2, 0.25) is 5.91 Å². The maximum absolute atomic E-state index is 13.5. The van der Waals surface area contributed by atoms with Crippen molar-refractivity contribution in [3.05, 3.63) is 97.2 Å². The van der Waals surface area contributed by atoms with Gasteiger partial charge in [0.05, 0.1) is 33.8 Å². The SMILES string of the molecule is CCCCC/C=C\C/C=C\C/C=C\C/C=C\CCCCCC(=O)OC(/C=C/CCCCCCCCCCCCC)C(COP(=O)(O)OCC[N+](C)(C)C)NC(=O)CCCCCC/C=C\C/C=C\C/C=C\CCCCC. The lowest BCUT2D eigenvalue weighted by molar-refractivity contribution is -0.870. The normalized spacial score (nSPS) is 14.4. The zero-order chi connectivity index (χ0) is 55.0. The first-order valence-electron chi connectivity index (χ1n) is 30.6. The Labute approximate surface area is 462 Å². The lowest BCUT2D eigenvalue weighted by Crippen LogP contribution is -2.47. The molecular weight excluding hydrogens is 952 g/mol. The summed E-state index contributed by atoms with van der Waals surface area (Å²) in [5.74, 6) is -0.570. The average Bonchev–Trinajstić information content (AvgIpc) is 3.37. The first-order chi connectivity index (χ1) is 36.4. The van der Waals surface area contributed by atoms with Crippen LogP contribution in [-0.4, -0.2) is 74.3 Å². The van der Waals surface area contributed by atoms with E-state index in [1.165, 1.54) is 109 Å². The molecule has 0 spiro atoms. The van der Waals surface area contributed by atoms with Crippen molar-refractivity contribution in [1.82, 2.24) is 5.32 Å². The van der Waals surface area contributed by atoms with Crippen molar-refractivity contribution in [2.24, 2.45) is 0 Å². The predicted molar refractivity (Wildman–Crippen MR) is 323 cm³/mol. The van der Waals surface area contributed by atoms with Gasteiger partial charge in [0.15, 0.2) is 0 Å². The molecule has 9 nitrogen and oxygen atoms in total. The number of phosphoric ester groups is 1. The first kappa shape index (κ1) is 71.9. The molecule has 0 radical (unpaired) electrons. The zero-order valence-electron chi connectivity index (χ0n) is 49.3. The van der Waals surface area contributed by atoms with Crippen LogP contribution in [0.4, 0.5) is 0 Å². The Morgan fingerprint density at radius 2 is 0.813 bits per heavy atom. The molecule has 0 saturated carbocycles. The van der Waals surface area contributed by atoms with Crippen LogP contribution in [0.15, 0.2) is 97.2 Å². The van der Waals surface area contributed by atoms with Gasteiger partial charge in [0.1, 0.15) is 19.3 Å². The summed E-state index contributed by atoms with van der Waals surface area (Å²) in [5.41, 5.74) is 0. The molecule has 0 bridgehead atoms. The molecular formula is C65H116N2O7P+. The molecule has 0 aromatic carbocycles. The highest BCUT2D eigenvalue weighted by molar-refractivity contribution is 7.47. The van der Waals surface area contributed by atoms with E-state index >= 15 is 0 Å². The van der Waals surface area contributed by atoms with Crippen LogP contribution in [-0.2, 0) is 27.9 Å². The third-order valence-electron chi connectivity index (χ3n) is 13.0. The van der Waals surface area contributed by atoms with Crippen molar-refractivity contribution in [2.45, 2.75) is 264 Å². The topological polar surface area (TPSA) is 111 Å². The molecule has 10 heteroatoms. The molecule has 0 saturated heterocycles. The van der Waals surface area contributed by atoms with E-state index in [0.29, 0.717) is 30.3 Å². The number of ether oxygens (including phenoxy) is 1. The summed E-state index contributed by atoms with van der Waals surface area (Å²) in [6.07, 6.45) is 72.5. The maximum Gasteiger partial charge on any atom is 0.472 e. The highest BCUT2D eigenvalue weighted by atomic mass is 31.2. The Hall–Kier alpha value is -3.07. The second-order valence-electron chi connectivity index (χ2n) is 21.5. The number of unbranched alkanes of at least 4 members (excludes halogenated alkanes) is 24. The fraction of sp³-hybridized carbons (Fsp3) is 0.723. The van der Waals surface area contributed by atoms with E-state index in [4.69, 9.17) is 13.8 Å². The van der Waals surface area contributed by atoms with E-state index in [9.17, 15) is 19.0 Å². The minimum absolute atomic E-state index is 0.0258. The minimum Gasteiger partial charge on any atom is -0.456 e. The van der Waals surface area contributed by atoms with E-state index < -0.39 is 20.0 Å². The molecule has 0 rings (SSSR count). The van der Waals surface area contributed by atoms with Crippen molar-refractivity contribution in [1.29, 1.82) is 0 Å². The molecule has 75 heavy (non-hydrogen) atoms. The van der Waals surface area contributed by atoms with Gasteiger partial charge in [-0.25, -0.2) is 4.57 Å². The van der Waals surface area contributed by atoms with Crippen molar-refractivity contribution in [3.8, 4) is 0 Å². The van der Waals surface area contributed by atoms with Gasteiger partial charge in [-0.05, 0) is 115 Å². The lowest BCUT2D eigenvalue weighted by Gasteiger charge is -2.27. The molecule has 0 aliphatic heterocycles. The number of likely N-dealkylation sites (N-methyl/N-ethyl adjacent to an activating group) is 1. The van der Waals surface area contributed by atoms with E-state index in [-0.39, 0.29) is 31.5 Å². The van der Waals surface area contributed by atoms with Gasteiger partial charge in [-0.3, -0.25) is 18.6 Å². The standard InChI is InChI=1S/C65H115N2O7P/c1-7-10-13-16-19-22-25-28-30-32-33-35-37-40-43-46-49-52-55-58-65(69)74-63(56-53-50-47-44-41-38-27-24-21-18-15-12-9-3)62(61-73-75(70,71)72-60-59-67(4,5)6)66-64(68)57-54-51-48-45-42-39-36-34-31-29-26-23-20-17-14-11-8-2/h19-20,22-23,28-31,33,35-36,39-40,43,53,56,62-63H,7-18,21,24-27,32,34,37-38,41-42,44-52,54-55,57-61H2,1-6H3,(H-,66,68,70,71)/p+1/b22-19-,23-20-,30-28-,31-29-,35-33-,39-36-,43-40-,56-53+. The monoisotopic (exact) mass is 1070 g/mol. The zero-order valence-corrected chi connectivity index (χ0v) is 50.2. The fourth-order valence-electron chi connectivity index (χ4n) is 8.22. The molecule has 3 unspecified atom stereocenters. The van der Waals surface area contributed by atoms with Gasteiger partial charge >= 0.3 is 13.8 Å². The Morgan fingerprint density at radius 1 is 0.467 bits per heavy atom. The van der Waals surface area contributed by atoms with Crippen molar-refractivity contribution >= 4 is 19.7 Å². The highest BCUT2D eigenvalue weighted by Gasteiger charge is 2.30. The number of carbonyl (C=O) groups excluding carboxylic acids is 2. The molecule has 0 aromatic heterocycles. The molecule has 0 heterocycles. The third-order valence-corrected chi connectivity index (χ3v) is 14.0. The van der Waals surface area contributed by atoms with E-state index in [1.807, 2.05) is 33.3 Å². The maximum atomic E-state index is 13.5. The van der Waals surface area contributed by atoms with Gasteiger partial charge in [-0.15, -0.1) is 0 Å². The Bertz CT molecular complexity index is 1610. The quantitative estimate of drug-likeness (QED) is 0.0205. The molecule has 0 aromatic rings. The van der Waals surface area contributed by atoms with Crippen LogP contribution in [0, 0.1) is 0 Å². The number of nitrogens with zero attached hydrogens (tertiary/aromatic N) is 1. The largest absolute Gasteiger partial charge is 0.472 e. The van der Waals surface area contributed by atoms with Gasteiger partial charge in [-0.2, -0.15) is 0 Å². The van der Waals surface area contributed by atoms with Gasteiger partial charge in [0.25, 0.3) is 0 Å². The summed E-state index contributed by atoms with van der Waals surface area (Å²) in [7, 11) is 1.45. The van der Waals surface area contributed by atoms with E-state index in [0.717, 1.165) is 96.3 Å². The Morgan fingerprint density at radius 3 is 1.25 bits per heavy atom. The van der Waals surface area contributed by atoms with Gasteiger partial charge in [0, 0.05) is 12.8 Å². The predicted octanol–water partition coefficient (Wildman–Crippen LogP) is 18.8. The van der Waals surface area contributed by atoms with Crippen molar-refractivity contribution < 1.29 is 37.3 Å². The summed E-state index contributed by atoms with van der Waals surface area (Å²) in [6, 6.07) is -0.879. The van der Waals surface area contributed by atoms with Crippen LogP contribution in [0.3, 0.4) is 0 Å². The van der Waals surface area contributed by atoms with Gasteiger partial charge in [-0.1, -0.05) is 221 Å². The molecule has 0 aliphatic carbocycles. The minimum atomic E-state index is -4.47. The molecule has 0 aliphatic rings. The Balaban J connectivity index is 5.43. The van der Waals surface area contributed by atoms with Crippen LogP contribution < -0.4 is 5.32 Å². The number of esters is 1. The summed E-state index contributed by atoms with van der Waals surface area (Å²) in [5, 5.41) is 3.03. The van der Waals surface area contributed by atoms with Crippen LogP contribution in [0.5, 0.6) is 0 Å².